The van der Waals surface area contributed by atoms with Gasteiger partial charge in [0, 0.05) is 39.5 Å². The lowest BCUT2D eigenvalue weighted by atomic mass is 10.0. The zero-order valence-electron chi connectivity index (χ0n) is 13.6. The van der Waals surface area contributed by atoms with Crippen LogP contribution in [0.25, 0.3) is 0 Å². The van der Waals surface area contributed by atoms with Crippen LogP contribution in [0.1, 0.15) is 25.3 Å². The molecule has 0 unspecified atom stereocenters. The van der Waals surface area contributed by atoms with E-state index in [9.17, 15) is 14.4 Å². The number of benzene rings is 1. The van der Waals surface area contributed by atoms with Gasteiger partial charge in [0.25, 0.3) is 0 Å². The van der Waals surface area contributed by atoms with Crippen molar-refractivity contribution in [3.05, 3.63) is 35.9 Å². The monoisotopic (exact) mass is 317 g/mol. The molecular formula is C17H23N3O3. The molecule has 3 amide bonds. The maximum Gasteiger partial charge on any atom is 0.239 e. The quantitative estimate of drug-likeness (QED) is 0.872. The minimum Gasteiger partial charge on any atom is -0.358 e. The molecule has 0 bridgehead atoms. The van der Waals surface area contributed by atoms with E-state index in [0.717, 1.165) is 5.56 Å². The molecule has 1 aliphatic rings. The minimum atomic E-state index is -0.176. The number of likely N-dealkylation sites (N-methyl/N-ethyl adjacent to an activating group) is 1. The van der Waals surface area contributed by atoms with Gasteiger partial charge in [-0.15, -0.1) is 0 Å². The van der Waals surface area contributed by atoms with Gasteiger partial charge in [-0.05, 0) is 12.0 Å². The molecule has 1 atom stereocenters. The van der Waals surface area contributed by atoms with Crippen molar-refractivity contribution in [3.63, 3.8) is 0 Å². The van der Waals surface area contributed by atoms with Crippen LogP contribution >= 0.6 is 0 Å². The number of hydrogen-bond acceptors (Lipinski definition) is 3. The number of carbonyl (C=O) groups is 3. The molecule has 1 saturated heterocycles. The summed E-state index contributed by atoms with van der Waals surface area (Å²) in [5.41, 5.74) is 1.04. The summed E-state index contributed by atoms with van der Waals surface area (Å²) in [7, 11) is 1.55. The van der Waals surface area contributed by atoms with Gasteiger partial charge in [0.1, 0.15) is 0 Å². The lowest BCUT2D eigenvalue weighted by molar-refractivity contribution is -0.143. The van der Waals surface area contributed by atoms with E-state index in [2.05, 4.69) is 5.32 Å². The second-order valence-corrected chi connectivity index (χ2v) is 5.77. The van der Waals surface area contributed by atoms with E-state index in [4.69, 9.17) is 0 Å². The fourth-order valence-electron chi connectivity index (χ4n) is 2.83. The lowest BCUT2D eigenvalue weighted by Crippen LogP contribution is -2.51. The molecule has 6 nitrogen and oxygen atoms in total. The van der Waals surface area contributed by atoms with E-state index in [0.29, 0.717) is 19.5 Å². The third-order valence-corrected chi connectivity index (χ3v) is 4.15. The third kappa shape index (κ3) is 4.55. The van der Waals surface area contributed by atoms with Crippen molar-refractivity contribution >= 4 is 17.7 Å². The smallest absolute Gasteiger partial charge is 0.239 e. The Balaban J connectivity index is 2.01. The Morgan fingerprint density at radius 2 is 2.00 bits per heavy atom. The van der Waals surface area contributed by atoms with Gasteiger partial charge in [0.15, 0.2) is 0 Å². The summed E-state index contributed by atoms with van der Waals surface area (Å²) in [6.07, 6.45) is 0.957. The van der Waals surface area contributed by atoms with Gasteiger partial charge in [-0.3, -0.25) is 14.4 Å². The van der Waals surface area contributed by atoms with Gasteiger partial charge >= 0.3 is 0 Å². The molecular weight excluding hydrogens is 294 g/mol. The van der Waals surface area contributed by atoms with Crippen LogP contribution in [0.4, 0.5) is 0 Å². The summed E-state index contributed by atoms with van der Waals surface area (Å²) in [4.78, 5) is 39.0. The maximum absolute atomic E-state index is 12.2. The molecule has 1 aliphatic heterocycles. The lowest BCUT2D eigenvalue weighted by Gasteiger charge is -2.37. The third-order valence-electron chi connectivity index (χ3n) is 4.15. The normalized spacial score (nSPS) is 17.7. The molecule has 0 saturated carbocycles. The zero-order chi connectivity index (χ0) is 16.8. The SMILES string of the molecule is CNC(=O)CN1CC[C@H](N(Cc2ccccc2)C(C)=O)CC1=O. The molecule has 1 aromatic rings. The molecule has 1 fully saturated rings. The predicted octanol–water partition coefficient (Wildman–Crippen LogP) is 0.772. The first-order chi connectivity index (χ1) is 11.0. The Hall–Kier alpha value is -2.37. The van der Waals surface area contributed by atoms with E-state index in [1.54, 1.807) is 16.8 Å². The Bertz CT molecular complexity index is 574. The highest BCUT2D eigenvalue weighted by molar-refractivity contribution is 5.85. The largest absolute Gasteiger partial charge is 0.358 e. The standard InChI is InChI=1S/C17H23N3O3/c1-13(21)20(11-14-6-4-3-5-7-14)15-8-9-19(17(23)10-15)12-16(22)18-2/h3-7,15H,8-12H2,1-2H3,(H,18,22)/t15-/m0/s1. The van der Waals surface area contributed by atoms with Crippen molar-refractivity contribution in [2.75, 3.05) is 20.1 Å². The predicted molar refractivity (Wildman–Crippen MR) is 86.3 cm³/mol. The van der Waals surface area contributed by atoms with Crippen molar-refractivity contribution in [1.29, 1.82) is 0 Å². The zero-order valence-corrected chi connectivity index (χ0v) is 13.6. The van der Waals surface area contributed by atoms with Crippen LogP contribution in [0.15, 0.2) is 30.3 Å². The molecule has 23 heavy (non-hydrogen) atoms. The summed E-state index contributed by atoms with van der Waals surface area (Å²) in [6.45, 7) is 2.62. The molecule has 0 aliphatic carbocycles. The number of amides is 3. The van der Waals surface area contributed by atoms with Crippen molar-refractivity contribution in [1.82, 2.24) is 15.1 Å². The van der Waals surface area contributed by atoms with Gasteiger partial charge in [0.05, 0.1) is 6.54 Å². The molecule has 1 heterocycles. The second-order valence-electron chi connectivity index (χ2n) is 5.77. The Kier molecular flexibility index (Phi) is 5.73. The molecule has 2 rings (SSSR count). The topological polar surface area (TPSA) is 69.7 Å². The highest BCUT2D eigenvalue weighted by Gasteiger charge is 2.31. The molecule has 1 aromatic carbocycles. The minimum absolute atomic E-state index is 0.0357. The number of nitrogens with zero attached hydrogens (tertiary/aromatic N) is 2. The average molecular weight is 317 g/mol. The van der Waals surface area contributed by atoms with Crippen LogP contribution in [0.5, 0.6) is 0 Å². The molecule has 0 spiro atoms. The van der Waals surface area contributed by atoms with E-state index < -0.39 is 0 Å². The Morgan fingerprint density at radius 1 is 1.30 bits per heavy atom. The van der Waals surface area contributed by atoms with E-state index in [1.165, 1.54) is 6.92 Å². The fraction of sp³-hybridized carbons (Fsp3) is 0.471. The molecule has 124 valence electrons. The summed E-state index contributed by atoms with van der Waals surface area (Å²) in [5, 5.41) is 2.52. The summed E-state index contributed by atoms with van der Waals surface area (Å²) in [5.74, 6) is -0.292. The molecule has 6 heteroatoms. The van der Waals surface area contributed by atoms with Crippen LogP contribution < -0.4 is 5.32 Å². The van der Waals surface area contributed by atoms with Gasteiger partial charge < -0.3 is 15.1 Å². The van der Waals surface area contributed by atoms with Gasteiger partial charge in [-0.1, -0.05) is 30.3 Å². The second kappa shape index (κ2) is 7.76. The molecule has 1 N–H and O–H groups in total. The number of piperidine rings is 1. The Morgan fingerprint density at radius 3 is 2.57 bits per heavy atom. The van der Waals surface area contributed by atoms with E-state index in [-0.39, 0.29) is 36.7 Å². The van der Waals surface area contributed by atoms with Crippen LogP contribution in [0, 0.1) is 0 Å². The first kappa shape index (κ1) is 17.0. The van der Waals surface area contributed by atoms with Gasteiger partial charge in [0.2, 0.25) is 17.7 Å². The number of carbonyl (C=O) groups excluding carboxylic acids is 3. The van der Waals surface area contributed by atoms with Crippen molar-refractivity contribution < 1.29 is 14.4 Å². The van der Waals surface area contributed by atoms with Crippen LogP contribution in [0.2, 0.25) is 0 Å². The highest BCUT2D eigenvalue weighted by atomic mass is 16.2. The number of hydrogen-bond donors (Lipinski definition) is 1. The Labute approximate surface area is 136 Å². The van der Waals surface area contributed by atoms with Gasteiger partial charge in [-0.2, -0.15) is 0 Å². The van der Waals surface area contributed by atoms with Crippen molar-refractivity contribution in [2.24, 2.45) is 0 Å². The first-order valence-corrected chi connectivity index (χ1v) is 7.80. The van der Waals surface area contributed by atoms with E-state index >= 15 is 0 Å². The van der Waals surface area contributed by atoms with Crippen LogP contribution in [0.3, 0.4) is 0 Å². The first-order valence-electron chi connectivity index (χ1n) is 7.80. The van der Waals surface area contributed by atoms with Gasteiger partial charge in [-0.25, -0.2) is 0 Å². The van der Waals surface area contributed by atoms with E-state index in [1.807, 2.05) is 30.3 Å². The fourth-order valence-corrected chi connectivity index (χ4v) is 2.83. The van der Waals surface area contributed by atoms with Crippen LogP contribution in [-0.4, -0.2) is 53.7 Å². The molecule has 0 radical (unpaired) electrons. The highest BCUT2D eigenvalue weighted by Crippen LogP contribution is 2.20. The number of rotatable bonds is 5. The van der Waals surface area contributed by atoms with Crippen molar-refractivity contribution in [3.8, 4) is 0 Å². The summed E-state index contributed by atoms with van der Waals surface area (Å²) < 4.78 is 0. The summed E-state index contributed by atoms with van der Waals surface area (Å²) >= 11 is 0. The van der Waals surface area contributed by atoms with Crippen molar-refractivity contribution in [2.45, 2.75) is 32.4 Å². The van der Waals surface area contributed by atoms with Crippen LogP contribution in [-0.2, 0) is 20.9 Å². The maximum atomic E-state index is 12.2. The summed E-state index contributed by atoms with van der Waals surface area (Å²) in [6, 6.07) is 9.63. The number of nitrogens with one attached hydrogen (secondary N) is 1. The average Bonchev–Trinajstić information content (AvgIpc) is 2.55. The number of likely N-dealkylation sites (tertiary alicyclic amines) is 1. The molecule has 0 aromatic heterocycles.